The van der Waals surface area contributed by atoms with Gasteiger partial charge in [0.25, 0.3) is 0 Å². The van der Waals surface area contributed by atoms with Crippen LogP contribution in [0.2, 0.25) is 0 Å². The molecule has 0 aliphatic carbocycles. The Hall–Kier alpha value is -0.570. The van der Waals surface area contributed by atoms with E-state index in [1.807, 2.05) is 6.92 Å². The van der Waals surface area contributed by atoms with Crippen LogP contribution < -0.4 is 10.6 Å². The summed E-state index contributed by atoms with van der Waals surface area (Å²) >= 11 is 0. The summed E-state index contributed by atoms with van der Waals surface area (Å²) < 4.78 is 0. The van der Waals surface area contributed by atoms with Crippen LogP contribution in [-0.4, -0.2) is 18.1 Å². The standard InChI is InChI=1S/C7H14N2O/c1-4(2)6-8-5(3)7(10)9-6/h4-6,8H,1-3H3,(H,9,10). The van der Waals surface area contributed by atoms with E-state index in [-0.39, 0.29) is 18.1 Å². The first-order chi connectivity index (χ1) is 4.61. The third-order valence-corrected chi connectivity index (χ3v) is 1.79. The molecule has 1 amide bonds. The van der Waals surface area contributed by atoms with Crippen molar-refractivity contribution in [1.29, 1.82) is 0 Å². The van der Waals surface area contributed by atoms with Gasteiger partial charge in [-0.05, 0) is 12.8 Å². The Kier molecular flexibility index (Phi) is 1.94. The summed E-state index contributed by atoms with van der Waals surface area (Å²) in [6.45, 7) is 6.03. The molecular formula is C7H14N2O. The Morgan fingerprint density at radius 1 is 1.50 bits per heavy atom. The molecular weight excluding hydrogens is 128 g/mol. The molecule has 1 rings (SSSR count). The Balaban J connectivity index is 2.49. The van der Waals surface area contributed by atoms with E-state index in [0.717, 1.165) is 0 Å². The van der Waals surface area contributed by atoms with Gasteiger partial charge in [0.15, 0.2) is 0 Å². The Morgan fingerprint density at radius 2 is 2.10 bits per heavy atom. The Labute approximate surface area is 61.2 Å². The lowest BCUT2D eigenvalue weighted by Crippen LogP contribution is -2.37. The van der Waals surface area contributed by atoms with E-state index >= 15 is 0 Å². The Morgan fingerprint density at radius 3 is 2.30 bits per heavy atom. The zero-order valence-electron chi connectivity index (χ0n) is 6.64. The maximum Gasteiger partial charge on any atom is 0.238 e. The van der Waals surface area contributed by atoms with Crippen molar-refractivity contribution in [3.8, 4) is 0 Å². The number of rotatable bonds is 1. The minimum absolute atomic E-state index is 0.0209. The van der Waals surface area contributed by atoms with E-state index in [4.69, 9.17) is 0 Å². The monoisotopic (exact) mass is 142 g/mol. The molecule has 0 aromatic heterocycles. The lowest BCUT2D eigenvalue weighted by Gasteiger charge is -2.13. The van der Waals surface area contributed by atoms with E-state index in [0.29, 0.717) is 5.92 Å². The van der Waals surface area contributed by atoms with Gasteiger partial charge in [-0.15, -0.1) is 0 Å². The fourth-order valence-electron chi connectivity index (χ4n) is 1.02. The molecule has 0 bridgehead atoms. The molecule has 1 saturated heterocycles. The van der Waals surface area contributed by atoms with Gasteiger partial charge in [0.05, 0.1) is 12.2 Å². The maximum atomic E-state index is 10.9. The molecule has 0 aromatic carbocycles. The lowest BCUT2D eigenvalue weighted by atomic mass is 10.2. The predicted octanol–water partition coefficient (Wildman–Crippen LogP) is 0.0764. The van der Waals surface area contributed by atoms with Gasteiger partial charge in [-0.3, -0.25) is 10.1 Å². The SMILES string of the molecule is CC1NC(C(C)C)NC1=O. The molecule has 1 heterocycles. The van der Waals surface area contributed by atoms with Crippen LogP contribution in [-0.2, 0) is 4.79 Å². The van der Waals surface area contributed by atoms with Gasteiger partial charge >= 0.3 is 0 Å². The number of hydrogen-bond donors (Lipinski definition) is 2. The van der Waals surface area contributed by atoms with Crippen LogP contribution in [0.3, 0.4) is 0 Å². The molecule has 0 saturated carbocycles. The topological polar surface area (TPSA) is 41.1 Å². The van der Waals surface area contributed by atoms with Crippen molar-refractivity contribution in [2.75, 3.05) is 0 Å². The molecule has 0 spiro atoms. The van der Waals surface area contributed by atoms with Crippen LogP contribution in [0.25, 0.3) is 0 Å². The van der Waals surface area contributed by atoms with Crippen LogP contribution in [0.5, 0.6) is 0 Å². The largest absolute Gasteiger partial charge is 0.339 e. The van der Waals surface area contributed by atoms with Crippen LogP contribution in [0.4, 0.5) is 0 Å². The fraction of sp³-hybridized carbons (Fsp3) is 0.857. The zero-order chi connectivity index (χ0) is 7.72. The van der Waals surface area contributed by atoms with Gasteiger partial charge in [-0.2, -0.15) is 0 Å². The van der Waals surface area contributed by atoms with Crippen molar-refractivity contribution in [2.45, 2.75) is 33.0 Å². The van der Waals surface area contributed by atoms with Gasteiger partial charge in [0.1, 0.15) is 0 Å². The first-order valence-electron chi connectivity index (χ1n) is 3.67. The van der Waals surface area contributed by atoms with Gasteiger partial charge in [0, 0.05) is 0 Å². The van der Waals surface area contributed by atoms with E-state index in [1.165, 1.54) is 0 Å². The zero-order valence-corrected chi connectivity index (χ0v) is 6.64. The van der Waals surface area contributed by atoms with Crippen molar-refractivity contribution >= 4 is 5.91 Å². The normalized spacial score (nSPS) is 33.0. The number of carbonyl (C=O) groups excluding carboxylic acids is 1. The number of hydrogen-bond acceptors (Lipinski definition) is 2. The van der Waals surface area contributed by atoms with E-state index in [2.05, 4.69) is 24.5 Å². The minimum Gasteiger partial charge on any atom is -0.339 e. The summed E-state index contributed by atoms with van der Waals surface area (Å²) in [6, 6.07) is -0.0209. The molecule has 2 N–H and O–H groups in total. The van der Waals surface area contributed by atoms with Crippen molar-refractivity contribution in [2.24, 2.45) is 5.92 Å². The maximum absolute atomic E-state index is 10.9. The summed E-state index contributed by atoms with van der Waals surface area (Å²) in [5, 5.41) is 6.00. The van der Waals surface area contributed by atoms with Gasteiger partial charge < -0.3 is 5.32 Å². The van der Waals surface area contributed by atoms with Gasteiger partial charge in [-0.1, -0.05) is 13.8 Å². The summed E-state index contributed by atoms with van der Waals surface area (Å²) in [7, 11) is 0. The summed E-state index contributed by atoms with van der Waals surface area (Å²) in [6.07, 6.45) is 0.169. The summed E-state index contributed by atoms with van der Waals surface area (Å²) in [4.78, 5) is 10.9. The Bertz CT molecular complexity index is 145. The van der Waals surface area contributed by atoms with Crippen LogP contribution in [0.15, 0.2) is 0 Å². The average molecular weight is 142 g/mol. The summed E-state index contributed by atoms with van der Waals surface area (Å²) in [5.74, 6) is 0.576. The summed E-state index contributed by atoms with van der Waals surface area (Å²) in [5.41, 5.74) is 0. The molecule has 2 atom stereocenters. The first kappa shape index (κ1) is 7.54. The third-order valence-electron chi connectivity index (χ3n) is 1.79. The molecule has 1 aliphatic rings. The van der Waals surface area contributed by atoms with Crippen LogP contribution in [0.1, 0.15) is 20.8 Å². The highest BCUT2D eigenvalue weighted by Gasteiger charge is 2.28. The van der Waals surface area contributed by atoms with Gasteiger partial charge in [-0.25, -0.2) is 0 Å². The molecule has 0 aromatic rings. The van der Waals surface area contributed by atoms with E-state index < -0.39 is 0 Å². The smallest absolute Gasteiger partial charge is 0.238 e. The van der Waals surface area contributed by atoms with E-state index in [9.17, 15) is 4.79 Å². The predicted molar refractivity (Wildman–Crippen MR) is 39.4 cm³/mol. The quantitative estimate of drug-likeness (QED) is 0.544. The second kappa shape index (κ2) is 2.58. The molecule has 1 aliphatic heterocycles. The molecule has 0 radical (unpaired) electrons. The first-order valence-corrected chi connectivity index (χ1v) is 3.67. The second-order valence-corrected chi connectivity index (χ2v) is 3.12. The van der Waals surface area contributed by atoms with Crippen molar-refractivity contribution in [3.05, 3.63) is 0 Å². The minimum atomic E-state index is -0.0209. The number of amides is 1. The number of carbonyl (C=O) groups is 1. The highest BCUT2D eigenvalue weighted by Crippen LogP contribution is 2.05. The van der Waals surface area contributed by atoms with Crippen molar-refractivity contribution < 1.29 is 4.79 Å². The molecule has 10 heavy (non-hydrogen) atoms. The van der Waals surface area contributed by atoms with Crippen LogP contribution in [0, 0.1) is 5.92 Å². The van der Waals surface area contributed by atoms with Crippen LogP contribution >= 0.6 is 0 Å². The molecule has 58 valence electrons. The number of nitrogens with one attached hydrogen (secondary N) is 2. The van der Waals surface area contributed by atoms with E-state index in [1.54, 1.807) is 0 Å². The second-order valence-electron chi connectivity index (χ2n) is 3.12. The van der Waals surface area contributed by atoms with Crippen molar-refractivity contribution in [3.63, 3.8) is 0 Å². The molecule has 3 heteroatoms. The molecule has 2 unspecified atom stereocenters. The average Bonchev–Trinajstić information content (AvgIpc) is 2.13. The lowest BCUT2D eigenvalue weighted by molar-refractivity contribution is -0.120. The van der Waals surface area contributed by atoms with Crippen molar-refractivity contribution in [1.82, 2.24) is 10.6 Å². The van der Waals surface area contributed by atoms with Gasteiger partial charge in [0.2, 0.25) is 5.91 Å². The fourth-order valence-corrected chi connectivity index (χ4v) is 1.02. The molecule has 1 fully saturated rings. The molecule has 3 nitrogen and oxygen atoms in total. The highest BCUT2D eigenvalue weighted by atomic mass is 16.2. The third kappa shape index (κ3) is 1.29. The highest BCUT2D eigenvalue weighted by molar-refractivity contribution is 5.83.